The molecule has 1 N–H and O–H groups in total. The van der Waals surface area contributed by atoms with Gasteiger partial charge in [0.2, 0.25) is 5.91 Å². The van der Waals surface area contributed by atoms with Crippen LogP contribution in [0.3, 0.4) is 0 Å². The zero-order chi connectivity index (χ0) is 12.8. The SMILES string of the molecule is CC(C)CC1CN(C(=O)CN(C)C)CCCN1. The normalized spacial score (nSPS) is 22.0. The van der Waals surface area contributed by atoms with E-state index in [1.165, 1.54) is 0 Å². The fourth-order valence-electron chi connectivity index (χ4n) is 2.32. The molecule has 0 saturated carbocycles. The van der Waals surface area contributed by atoms with Gasteiger partial charge in [-0.15, -0.1) is 0 Å². The Morgan fingerprint density at radius 1 is 1.47 bits per heavy atom. The predicted octanol–water partition coefficient (Wildman–Crippen LogP) is 0.785. The first-order valence-corrected chi connectivity index (χ1v) is 6.65. The third kappa shape index (κ3) is 5.50. The molecular formula is C13H27N3O. The average molecular weight is 241 g/mol. The lowest BCUT2D eigenvalue weighted by Gasteiger charge is -2.26. The summed E-state index contributed by atoms with van der Waals surface area (Å²) < 4.78 is 0. The van der Waals surface area contributed by atoms with Crippen LogP contribution in [0, 0.1) is 5.92 Å². The van der Waals surface area contributed by atoms with Crippen LogP contribution in [-0.4, -0.2) is 62.0 Å². The Bertz CT molecular complexity index is 241. The minimum Gasteiger partial charge on any atom is -0.340 e. The van der Waals surface area contributed by atoms with Crippen molar-refractivity contribution in [3.05, 3.63) is 0 Å². The molecule has 1 amide bonds. The molecule has 100 valence electrons. The minimum atomic E-state index is 0.257. The molecule has 1 aliphatic heterocycles. The van der Waals surface area contributed by atoms with Crippen molar-refractivity contribution in [3.8, 4) is 0 Å². The van der Waals surface area contributed by atoms with Crippen molar-refractivity contribution in [2.75, 3.05) is 40.3 Å². The van der Waals surface area contributed by atoms with Gasteiger partial charge < -0.3 is 15.1 Å². The fourth-order valence-corrected chi connectivity index (χ4v) is 2.32. The largest absolute Gasteiger partial charge is 0.340 e. The second-order valence-corrected chi connectivity index (χ2v) is 5.71. The predicted molar refractivity (Wildman–Crippen MR) is 71.0 cm³/mol. The average Bonchev–Trinajstić information content (AvgIpc) is 2.41. The molecule has 1 heterocycles. The van der Waals surface area contributed by atoms with Gasteiger partial charge in [-0.3, -0.25) is 4.79 Å². The number of likely N-dealkylation sites (N-methyl/N-ethyl adjacent to an activating group) is 1. The van der Waals surface area contributed by atoms with E-state index in [-0.39, 0.29) is 5.91 Å². The summed E-state index contributed by atoms with van der Waals surface area (Å²) in [7, 11) is 3.89. The van der Waals surface area contributed by atoms with E-state index in [0.717, 1.165) is 32.5 Å². The highest BCUT2D eigenvalue weighted by atomic mass is 16.2. The Balaban J connectivity index is 2.50. The third-order valence-electron chi connectivity index (χ3n) is 3.04. The van der Waals surface area contributed by atoms with Crippen LogP contribution in [0.4, 0.5) is 0 Å². The Hall–Kier alpha value is -0.610. The van der Waals surface area contributed by atoms with Crippen molar-refractivity contribution in [3.63, 3.8) is 0 Å². The number of carbonyl (C=O) groups excluding carboxylic acids is 1. The molecule has 1 fully saturated rings. The van der Waals surface area contributed by atoms with E-state index in [1.807, 2.05) is 23.9 Å². The number of hydrogen-bond acceptors (Lipinski definition) is 3. The lowest BCUT2D eigenvalue weighted by molar-refractivity contribution is -0.132. The van der Waals surface area contributed by atoms with Crippen LogP contribution in [0.25, 0.3) is 0 Å². The summed E-state index contributed by atoms with van der Waals surface area (Å²) in [6.07, 6.45) is 2.21. The standard InChI is InChI=1S/C13H27N3O/c1-11(2)8-12-9-16(7-5-6-14-12)13(17)10-15(3)4/h11-12,14H,5-10H2,1-4H3. The molecule has 1 saturated heterocycles. The smallest absolute Gasteiger partial charge is 0.236 e. The van der Waals surface area contributed by atoms with E-state index < -0.39 is 0 Å². The number of hydrogen-bond donors (Lipinski definition) is 1. The Morgan fingerprint density at radius 3 is 2.76 bits per heavy atom. The van der Waals surface area contributed by atoms with Crippen LogP contribution in [-0.2, 0) is 4.79 Å². The van der Waals surface area contributed by atoms with Crippen molar-refractivity contribution in [1.82, 2.24) is 15.1 Å². The molecule has 17 heavy (non-hydrogen) atoms. The molecule has 0 aromatic carbocycles. The number of nitrogens with one attached hydrogen (secondary N) is 1. The van der Waals surface area contributed by atoms with E-state index >= 15 is 0 Å². The van der Waals surface area contributed by atoms with E-state index in [0.29, 0.717) is 18.5 Å². The Labute approximate surface area is 105 Å². The van der Waals surface area contributed by atoms with Gasteiger partial charge in [-0.05, 0) is 39.4 Å². The van der Waals surface area contributed by atoms with Crippen molar-refractivity contribution in [2.45, 2.75) is 32.7 Å². The van der Waals surface area contributed by atoms with E-state index in [1.54, 1.807) is 0 Å². The molecule has 0 aromatic heterocycles. The van der Waals surface area contributed by atoms with Crippen LogP contribution in [0.1, 0.15) is 26.7 Å². The molecule has 0 aromatic rings. The highest BCUT2D eigenvalue weighted by Gasteiger charge is 2.22. The maximum atomic E-state index is 12.0. The lowest BCUT2D eigenvalue weighted by Crippen LogP contribution is -2.44. The highest BCUT2D eigenvalue weighted by Crippen LogP contribution is 2.10. The van der Waals surface area contributed by atoms with Crippen molar-refractivity contribution >= 4 is 5.91 Å². The summed E-state index contributed by atoms with van der Waals surface area (Å²) in [5.74, 6) is 0.934. The summed E-state index contributed by atoms with van der Waals surface area (Å²) in [6, 6.07) is 0.462. The summed E-state index contributed by atoms with van der Waals surface area (Å²) in [5.41, 5.74) is 0. The molecule has 1 unspecified atom stereocenters. The monoisotopic (exact) mass is 241 g/mol. The summed E-state index contributed by atoms with van der Waals surface area (Å²) in [5, 5.41) is 3.54. The van der Waals surface area contributed by atoms with E-state index in [2.05, 4.69) is 19.2 Å². The topological polar surface area (TPSA) is 35.6 Å². The van der Waals surface area contributed by atoms with Gasteiger partial charge in [0.25, 0.3) is 0 Å². The van der Waals surface area contributed by atoms with Gasteiger partial charge in [-0.2, -0.15) is 0 Å². The zero-order valence-electron chi connectivity index (χ0n) is 11.7. The van der Waals surface area contributed by atoms with Gasteiger partial charge in [-0.1, -0.05) is 13.8 Å². The van der Waals surface area contributed by atoms with Crippen molar-refractivity contribution in [1.29, 1.82) is 0 Å². The van der Waals surface area contributed by atoms with Crippen LogP contribution in [0.15, 0.2) is 0 Å². The Kier molecular flexibility index (Phi) is 5.92. The summed E-state index contributed by atoms with van der Waals surface area (Å²) in [6.45, 7) is 7.79. The first kappa shape index (κ1) is 14.5. The molecule has 0 aliphatic carbocycles. The van der Waals surface area contributed by atoms with Crippen LogP contribution in [0.2, 0.25) is 0 Å². The molecular weight excluding hydrogens is 214 g/mol. The Morgan fingerprint density at radius 2 is 2.18 bits per heavy atom. The van der Waals surface area contributed by atoms with Gasteiger partial charge in [0.15, 0.2) is 0 Å². The van der Waals surface area contributed by atoms with E-state index in [4.69, 9.17) is 0 Å². The maximum absolute atomic E-state index is 12.0. The molecule has 1 rings (SSSR count). The van der Waals surface area contributed by atoms with Gasteiger partial charge in [0.1, 0.15) is 0 Å². The first-order chi connectivity index (χ1) is 7.99. The molecule has 4 heteroatoms. The molecule has 0 radical (unpaired) electrons. The van der Waals surface area contributed by atoms with Crippen molar-refractivity contribution in [2.24, 2.45) is 5.92 Å². The maximum Gasteiger partial charge on any atom is 0.236 e. The van der Waals surface area contributed by atoms with Gasteiger partial charge >= 0.3 is 0 Å². The van der Waals surface area contributed by atoms with Crippen molar-refractivity contribution < 1.29 is 4.79 Å². The molecule has 0 spiro atoms. The quantitative estimate of drug-likeness (QED) is 0.790. The molecule has 1 atom stereocenters. The second-order valence-electron chi connectivity index (χ2n) is 5.71. The lowest BCUT2D eigenvalue weighted by atomic mass is 10.0. The van der Waals surface area contributed by atoms with Crippen LogP contribution >= 0.6 is 0 Å². The molecule has 1 aliphatic rings. The first-order valence-electron chi connectivity index (χ1n) is 6.65. The van der Waals surface area contributed by atoms with E-state index in [9.17, 15) is 4.79 Å². The minimum absolute atomic E-state index is 0.257. The van der Waals surface area contributed by atoms with Gasteiger partial charge in [0, 0.05) is 19.1 Å². The summed E-state index contributed by atoms with van der Waals surface area (Å²) in [4.78, 5) is 16.0. The van der Waals surface area contributed by atoms with Crippen LogP contribution < -0.4 is 5.32 Å². The van der Waals surface area contributed by atoms with Gasteiger partial charge in [0.05, 0.1) is 6.54 Å². The molecule has 4 nitrogen and oxygen atoms in total. The zero-order valence-corrected chi connectivity index (χ0v) is 11.7. The fraction of sp³-hybridized carbons (Fsp3) is 0.923. The molecule has 0 bridgehead atoms. The van der Waals surface area contributed by atoms with Gasteiger partial charge in [-0.25, -0.2) is 0 Å². The third-order valence-corrected chi connectivity index (χ3v) is 3.04. The number of rotatable bonds is 4. The number of carbonyl (C=O) groups is 1. The number of amides is 1. The number of nitrogens with zero attached hydrogens (tertiary/aromatic N) is 2. The summed E-state index contributed by atoms with van der Waals surface area (Å²) >= 11 is 0. The van der Waals surface area contributed by atoms with Crippen LogP contribution in [0.5, 0.6) is 0 Å². The second kappa shape index (κ2) is 6.97. The highest BCUT2D eigenvalue weighted by molar-refractivity contribution is 5.78.